The van der Waals surface area contributed by atoms with Crippen molar-refractivity contribution >= 4 is 5.78 Å². The van der Waals surface area contributed by atoms with Crippen molar-refractivity contribution in [1.29, 1.82) is 0 Å². The number of nitrogens with two attached hydrogens (primary N) is 1. The lowest BCUT2D eigenvalue weighted by Crippen LogP contribution is -2.48. The van der Waals surface area contributed by atoms with Crippen molar-refractivity contribution in [2.24, 2.45) is 5.73 Å². The summed E-state index contributed by atoms with van der Waals surface area (Å²) in [6, 6.07) is 3.54. The van der Waals surface area contributed by atoms with E-state index in [-0.39, 0.29) is 17.7 Å². The number of rotatable bonds is 4. The van der Waals surface area contributed by atoms with Crippen molar-refractivity contribution in [3.05, 3.63) is 35.4 Å². The van der Waals surface area contributed by atoms with Gasteiger partial charge >= 0.3 is 0 Å². The van der Waals surface area contributed by atoms with Crippen LogP contribution in [-0.4, -0.2) is 11.3 Å². The topological polar surface area (TPSA) is 43.1 Å². The van der Waals surface area contributed by atoms with Gasteiger partial charge in [0, 0.05) is 18.4 Å². The second kappa shape index (κ2) is 4.53. The lowest BCUT2D eigenvalue weighted by atomic mass is 9.74. The van der Waals surface area contributed by atoms with Crippen LogP contribution in [0, 0.1) is 11.6 Å². The van der Waals surface area contributed by atoms with Gasteiger partial charge in [0.15, 0.2) is 11.6 Å². The molecule has 0 aromatic heterocycles. The van der Waals surface area contributed by atoms with E-state index < -0.39 is 11.6 Å². The minimum atomic E-state index is -0.915. The monoisotopic (exact) mass is 239 g/mol. The number of halogens is 2. The lowest BCUT2D eigenvalue weighted by molar-refractivity contribution is -0.120. The van der Waals surface area contributed by atoms with Gasteiger partial charge < -0.3 is 5.73 Å². The molecule has 0 atom stereocenters. The maximum Gasteiger partial charge on any atom is 0.159 e. The SMILES string of the molecule is NC1(CC(=O)Cc2ccc(F)c(F)c2)CCC1. The summed E-state index contributed by atoms with van der Waals surface area (Å²) in [6.45, 7) is 0. The zero-order valence-corrected chi connectivity index (χ0v) is 9.51. The number of benzene rings is 1. The fourth-order valence-electron chi connectivity index (χ4n) is 2.14. The van der Waals surface area contributed by atoms with Crippen molar-refractivity contribution in [2.75, 3.05) is 0 Å². The minimum Gasteiger partial charge on any atom is -0.325 e. The zero-order chi connectivity index (χ0) is 12.5. The summed E-state index contributed by atoms with van der Waals surface area (Å²) in [5, 5.41) is 0. The molecule has 1 fully saturated rings. The molecular formula is C13H15F2NO. The van der Waals surface area contributed by atoms with Crippen molar-refractivity contribution < 1.29 is 13.6 Å². The van der Waals surface area contributed by atoms with Crippen molar-refractivity contribution in [1.82, 2.24) is 0 Å². The molecule has 1 aromatic rings. The van der Waals surface area contributed by atoms with Crippen molar-refractivity contribution in [2.45, 2.75) is 37.6 Å². The highest BCUT2D eigenvalue weighted by Gasteiger charge is 2.34. The lowest BCUT2D eigenvalue weighted by Gasteiger charge is -2.37. The first-order valence-electron chi connectivity index (χ1n) is 5.73. The highest BCUT2D eigenvalue weighted by molar-refractivity contribution is 5.82. The Morgan fingerprint density at radius 2 is 2.00 bits per heavy atom. The van der Waals surface area contributed by atoms with Crippen LogP contribution < -0.4 is 5.73 Å². The second-order valence-corrected chi connectivity index (χ2v) is 4.86. The van der Waals surface area contributed by atoms with Gasteiger partial charge in [-0.15, -0.1) is 0 Å². The molecule has 0 saturated heterocycles. The van der Waals surface area contributed by atoms with Gasteiger partial charge in [-0.2, -0.15) is 0 Å². The average Bonchev–Trinajstić information content (AvgIpc) is 2.21. The van der Waals surface area contributed by atoms with E-state index in [1.807, 2.05) is 0 Å². The summed E-state index contributed by atoms with van der Waals surface area (Å²) in [6.07, 6.45) is 3.25. The third kappa shape index (κ3) is 2.88. The molecule has 0 aliphatic heterocycles. The van der Waals surface area contributed by atoms with Crippen LogP contribution in [0.15, 0.2) is 18.2 Å². The Bertz CT molecular complexity index is 441. The fraction of sp³-hybridized carbons (Fsp3) is 0.462. The van der Waals surface area contributed by atoms with E-state index in [9.17, 15) is 13.6 Å². The molecule has 2 rings (SSSR count). The molecule has 1 aromatic carbocycles. The molecule has 1 aliphatic carbocycles. The Balaban J connectivity index is 1.95. The number of hydrogen-bond donors (Lipinski definition) is 1. The van der Waals surface area contributed by atoms with Crippen LogP contribution in [0.25, 0.3) is 0 Å². The molecule has 0 spiro atoms. The quantitative estimate of drug-likeness (QED) is 0.876. The molecular weight excluding hydrogens is 224 g/mol. The standard InChI is InChI=1S/C13H15F2NO/c14-11-3-2-9(7-12(11)15)6-10(17)8-13(16)4-1-5-13/h2-3,7H,1,4-6,8,16H2. The summed E-state index contributed by atoms with van der Waals surface area (Å²) in [7, 11) is 0. The van der Waals surface area contributed by atoms with E-state index in [0.717, 1.165) is 31.4 Å². The summed E-state index contributed by atoms with van der Waals surface area (Å²) < 4.78 is 25.6. The molecule has 17 heavy (non-hydrogen) atoms. The Hall–Kier alpha value is -1.29. The molecule has 0 unspecified atom stereocenters. The number of carbonyl (C=O) groups is 1. The summed E-state index contributed by atoms with van der Waals surface area (Å²) >= 11 is 0. The van der Waals surface area contributed by atoms with Crippen LogP contribution in [0.3, 0.4) is 0 Å². The van der Waals surface area contributed by atoms with Crippen LogP contribution >= 0.6 is 0 Å². The van der Waals surface area contributed by atoms with Crippen LogP contribution in [0.1, 0.15) is 31.2 Å². The molecule has 0 bridgehead atoms. The molecule has 0 amide bonds. The highest BCUT2D eigenvalue weighted by Crippen LogP contribution is 2.32. The van der Waals surface area contributed by atoms with Crippen molar-refractivity contribution in [3.8, 4) is 0 Å². The molecule has 4 heteroatoms. The van der Waals surface area contributed by atoms with E-state index in [4.69, 9.17) is 5.73 Å². The minimum absolute atomic E-state index is 0.0155. The van der Waals surface area contributed by atoms with E-state index in [0.29, 0.717) is 12.0 Å². The van der Waals surface area contributed by atoms with Gasteiger partial charge in [0.1, 0.15) is 5.78 Å². The van der Waals surface area contributed by atoms with E-state index >= 15 is 0 Å². The molecule has 1 aliphatic rings. The van der Waals surface area contributed by atoms with Gasteiger partial charge in [0.05, 0.1) is 0 Å². The molecule has 0 radical (unpaired) electrons. The first kappa shape index (κ1) is 12.2. The first-order valence-corrected chi connectivity index (χ1v) is 5.73. The molecule has 2 nitrogen and oxygen atoms in total. The maximum atomic E-state index is 12.9. The predicted octanol–water partition coefficient (Wildman–Crippen LogP) is 2.35. The average molecular weight is 239 g/mol. The number of hydrogen-bond acceptors (Lipinski definition) is 2. The van der Waals surface area contributed by atoms with Gasteiger partial charge in [0.2, 0.25) is 0 Å². The second-order valence-electron chi connectivity index (χ2n) is 4.86. The predicted molar refractivity (Wildman–Crippen MR) is 60.5 cm³/mol. The van der Waals surface area contributed by atoms with Crippen LogP contribution in [-0.2, 0) is 11.2 Å². The first-order chi connectivity index (χ1) is 7.98. The Kier molecular flexibility index (Phi) is 3.24. The normalized spacial score (nSPS) is 17.6. The van der Waals surface area contributed by atoms with Crippen LogP contribution in [0.2, 0.25) is 0 Å². The molecule has 92 valence electrons. The number of carbonyl (C=O) groups excluding carboxylic acids is 1. The van der Waals surface area contributed by atoms with E-state index in [2.05, 4.69) is 0 Å². The van der Waals surface area contributed by atoms with E-state index in [1.54, 1.807) is 0 Å². The molecule has 2 N–H and O–H groups in total. The van der Waals surface area contributed by atoms with Gasteiger partial charge in [0.25, 0.3) is 0 Å². The number of Topliss-reactive ketones (excluding diaryl/α,β-unsaturated/α-hetero) is 1. The highest BCUT2D eigenvalue weighted by atomic mass is 19.2. The number of ketones is 1. The molecule has 0 heterocycles. The Labute approximate surface area is 98.8 Å². The van der Waals surface area contributed by atoms with Gasteiger partial charge in [-0.1, -0.05) is 6.07 Å². The van der Waals surface area contributed by atoms with Crippen LogP contribution in [0.5, 0.6) is 0 Å². The third-order valence-corrected chi connectivity index (χ3v) is 3.28. The zero-order valence-electron chi connectivity index (χ0n) is 9.51. The molecule has 1 saturated carbocycles. The summed E-state index contributed by atoms with van der Waals surface area (Å²) in [5.41, 5.74) is 6.10. The fourth-order valence-corrected chi connectivity index (χ4v) is 2.14. The van der Waals surface area contributed by atoms with E-state index in [1.165, 1.54) is 6.07 Å². The largest absolute Gasteiger partial charge is 0.325 e. The summed E-state index contributed by atoms with van der Waals surface area (Å²) in [5.74, 6) is -1.82. The Morgan fingerprint density at radius 3 is 2.53 bits per heavy atom. The maximum absolute atomic E-state index is 12.9. The van der Waals surface area contributed by atoms with Gasteiger partial charge in [-0.25, -0.2) is 8.78 Å². The van der Waals surface area contributed by atoms with Crippen molar-refractivity contribution in [3.63, 3.8) is 0 Å². The Morgan fingerprint density at radius 1 is 1.29 bits per heavy atom. The van der Waals surface area contributed by atoms with Gasteiger partial charge in [-0.3, -0.25) is 4.79 Å². The van der Waals surface area contributed by atoms with Gasteiger partial charge in [-0.05, 0) is 37.0 Å². The smallest absolute Gasteiger partial charge is 0.159 e. The summed E-state index contributed by atoms with van der Waals surface area (Å²) in [4.78, 5) is 11.7. The van der Waals surface area contributed by atoms with Crippen LogP contribution in [0.4, 0.5) is 8.78 Å². The third-order valence-electron chi connectivity index (χ3n) is 3.28.